The second-order valence-corrected chi connectivity index (χ2v) is 5.34. The molecule has 1 fully saturated rings. The lowest BCUT2D eigenvalue weighted by Gasteiger charge is -2.26. The number of hydrogen-bond donors (Lipinski definition) is 0. The average Bonchev–Trinajstić information content (AvgIpc) is 2.89. The topological polar surface area (TPSA) is 32.3 Å². The second-order valence-electron chi connectivity index (χ2n) is 4.71. The van der Waals surface area contributed by atoms with Gasteiger partial charge < -0.3 is 4.90 Å². The van der Waals surface area contributed by atoms with E-state index in [1.807, 2.05) is 0 Å². The first-order valence-corrected chi connectivity index (χ1v) is 7.66. The Hall–Kier alpha value is -0.580. The van der Waals surface area contributed by atoms with Crippen molar-refractivity contribution in [2.75, 3.05) is 31.1 Å². The van der Waals surface area contributed by atoms with Crippen LogP contribution in [0.2, 0.25) is 5.15 Å². The second kappa shape index (κ2) is 6.73. The highest BCUT2D eigenvalue weighted by molar-refractivity contribution is 6.31. The molecule has 0 bridgehead atoms. The van der Waals surface area contributed by atoms with Crippen molar-refractivity contribution in [2.45, 2.75) is 32.2 Å². The molecule has 6 heteroatoms. The third-order valence-electron chi connectivity index (χ3n) is 3.80. The van der Waals surface area contributed by atoms with E-state index in [-0.39, 0.29) is 0 Å². The van der Waals surface area contributed by atoms with Crippen molar-refractivity contribution in [3.63, 3.8) is 0 Å². The average molecular weight is 303 g/mol. The van der Waals surface area contributed by atoms with Crippen molar-refractivity contribution in [1.82, 2.24) is 14.9 Å². The number of anilines is 1. The summed E-state index contributed by atoms with van der Waals surface area (Å²) in [7, 11) is 0. The van der Waals surface area contributed by atoms with Gasteiger partial charge in [-0.3, -0.25) is 4.90 Å². The van der Waals surface area contributed by atoms with Gasteiger partial charge in [-0.05, 0) is 19.5 Å². The smallest absolute Gasteiger partial charge is 0.138 e. The molecule has 0 radical (unpaired) electrons. The zero-order valence-corrected chi connectivity index (χ0v) is 13.0. The molecule has 2 heterocycles. The quantitative estimate of drug-likeness (QED) is 0.618. The van der Waals surface area contributed by atoms with Crippen molar-refractivity contribution in [3.05, 3.63) is 17.0 Å². The lowest BCUT2D eigenvalue weighted by Crippen LogP contribution is -2.37. The molecule has 0 aromatic carbocycles. The number of likely N-dealkylation sites (N-methyl/N-ethyl adjacent to an activating group) is 1. The summed E-state index contributed by atoms with van der Waals surface area (Å²) in [5.41, 5.74) is 0.839. The summed E-state index contributed by atoms with van der Waals surface area (Å²) in [5.74, 6) is 1.24. The lowest BCUT2D eigenvalue weighted by atomic mass is 10.2. The normalized spacial score (nSPS) is 19.4. The Bertz CT molecular complexity index is 423. The van der Waals surface area contributed by atoms with Gasteiger partial charge in [0.1, 0.15) is 17.3 Å². The number of nitrogens with zero attached hydrogens (tertiary/aromatic N) is 4. The molecule has 1 unspecified atom stereocenters. The van der Waals surface area contributed by atoms with E-state index < -0.39 is 0 Å². The van der Waals surface area contributed by atoms with Crippen LogP contribution in [-0.4, -0.2) is 47.1 Å². The first-order valence-electron chi connectivity index (χ1n) is 6.75. The van der Waals surface area contributed by atoms with Crippen LogP contribution in [-0.2, 0) is 5.88 Å². The van der Waals surface area contributed by atoms with Crippen LogP contribution in [0.15, 0.2) is 6.33 Å². The molecular formula is C13H20Cl2N4. The van der Waals surface area contributed by atoms with E-state index in [0.29, 0.717) is 17.1 Å². The van der Waals surface area contributed by atoms with E-state index in [1.54, 1.807) is 0 Å². The maximum absolute atomic E-state index is 6.09. The minimum atomic E-state index is 0.349. The van der Waals surface area contributed by atoms with Gasteiger partial charge in [0.15, 0.2) is 0 Å². The zero-order chi connectivity index (χ0) is 13.8. The van der Waals surface area contributed by atoms with Gasteiger partial charge in [-0.1, -0.05) is 25.4 Å². The van der Waals surface area contributed by atoms with Crippen LogP contribution in [0, 0.1) is 0 Å². The molecule has 1 saturated heterocycles. The molecule has 0 amide bonds. The predicted octanol–water partition coefficient (Wildman–Crippen LogP) is 2.79. The van der Waals surface area contributed by atoms with Crippen LogP contribution < -0.4 is 4.90 Å². The number of halogens is 2. The molecule has 1 aliphatic heterocycles. The molecular weight excluding hydrogens is 283 g/mol. The Morgan fingerprint density at radius 2 is 2.11 bits per heavy atom. The van der Waals surface area contributed by atoms with E-state index in [9.17, 15) is 0 Å². The zero-order valence-electron chi connectivity index (χ0n) is 11.4. The summed E-state index contributed by atoms with van der Waals surface area (Å²) >= 11 is 12.1. The van der Waals surface area contributed by atoms with Crippen molar-refractivity contribution in [2.24, 2.45) is 0 Å². The maximum Gasteiger partial charge on any atom is 0.138 e. The molecule has 106 valence electrons. The van der Waals surface area contributed by atoms with Gasteiger partial charge in [0, 0.05) is 24.7 Å². The molecule has 19 heavy (non-hydrogen) atoms. The minimum absolute atomic E-state index is 0.349. The first-order chi connectivity index (χ1) is 9.21. The van der Waals surface area contributed by atoms with Crippen LogP contribution in [0.4, 0.5) is 5.82 Å². The van der Waals surface area contributed by atoms with Gasteiger partial charge in [-0.25, -0.2) is 9.97 Å². The van der Waals surface area contributed by atoms with E-state index in [4.69, 9.17) is 23.2 Å². The Balaban J connectivity index is 2.15. The molecule has 1 aromatic heterocycles. The third-order valence-corrected chi connectivity index (χ3v) is 4.39. The Kier molecular flexibility index (Phi) is 5.25. The van der Waals surface area contributed by atoms with Crippen molar-refractivity contribution >= 4 is 29.0 Å². The van der Waals surface area contributed by atoms with Crippen LogP contribution in [0.25, 0.3) is 0 Å². The van der Waals surface area contributed by atoms with Crippen molar-refractivity contribution in [1.29, 1.82) is 0 Å². The Morgan fingerprint density at radius 1 is 1.37 bits per heavy atom. The van der Waals surface area contributed by atoms with Gasteiger partial charge in [0.25, 0.3) is 0 Å². The van der Waals surface area contributed by atoms with E-state index in [0.717, 1.165) is 44.0 Å². The van der Waals surface area contributed by atoms with E-state index in [2.05, 4.69) is 33.6 Å². The van der Waals surface area contributed by atoms with Crippen LogP contribution in [0.3, 0.4) is 0 Å². The number of hydrogen-bond acceptors (Lipinski definition) is 4. The Morgan fingerprint density at radius 3 is 2.74 bits per heavy atom. The van der Waals surface area contributed by atoms with Crippen molar-refractivity contribution in [3.8, 4) is 0 Å². The van der Waals surface area contributed by atoms with Crippen molar-refractivity contribution < 1.29 is 0 Å². The third kappa shape index (κ3) is 3.12. The summed E-state index contributed by atoms with van der Waals surface area (Å²) in [4.78, 5) is 13.1. The fourth-order valence-corrected chi connectivity index (χ4v) is 3.25. The van der Waals surface area contributed by atoms with Crippen LogP contribution in [0.1, 0.15) is 25.8 Å². The summed E-state index contributed by atoms with van der Waals surface area (Å²) < 4.78 is 0. The summed E-state index contributed by atoms with van der Waals surface area (Å²) in [5, 5.41) is 0.464. The van der Waals surface area contributed by atoms with Crippen LogP contribution in [0.5, 0.6) is 0 Å². The fourth-order valence-electron chi connectivity index (χ4n) is 2.74. The van der Waals surface area contributed by atoms with Crippen LogP contribution >= 0.6 is 23.2 Å². The monoisotopic (exact) mass is 302 g/mol. The maximum atomic E-state index is 6.09. The Labute approximate surface area is 124 Å². The first kappa shape index (κ1) is 14.8. The van der Waals surface area contributed by atoms with Gasteiger partial charge in [-0.15, -0.1) is 11.6 Å². The molecule has 0 saturated carbocycles. The highest BCUT2D eigenvalue weighted by Gasteiger charge is 2.28. The highest BCUT2D eigenvalue weighted by atomic mass is 35.5. The van der Waals surface area contributed by atoms with Gasteiger partial charge in [-0.2, -0.15) is 0 Å². The molecule has 1 atom stereocenters. The van der Waals surface area contributed by atoms with Gasteiger partial charge in [0.2, 0.25) is 0 Å². The molecule has 2 rings (SSSR count). The van der Waals surface area contributed by atoms with E-state index in [1.165, 1.54) is 6.33 Å². The summed E-state index contributed by atoms with van der Waals surface area (Å²) in [6.45, 7) is 8.57. The molecule has 0 spiro atoms. The molecule has 0 aliphatic carbocycles. The highest BCUT2D eigenvalue weighted by Crippen LogP contribution is 2.28. The van der Waals surface area contributed by atoms with E-state index >= 15 is 0 Å². The molecule has 1 aliphatic rings. The number of rotatable bonds is 5. The fraction of sp³-hybridized carbons (Fsp3) is 0.692. The molecule has 1 aromatic rings. The minimum Gasteiger partial charge on any atom is -0.355 e. The largest absolute Gasteiger partial charge is 0.355 e. The summed E-state index contributed by atoms with van der Waals surface area (Å²) in [6, 6.07) is 0.590. The number of alkyl halides is 1. The van der Waals surface area contributed by atoms with Gasteiger partial charge >= 0.3 is 0 Å². The lowest BCUT2D eigenvalue weighted by molar-refractivity contribution is 0.232. The van der Waals surface area contributed by atoms with Gasteiger partial charge in [0.05, 0.1) is 5.88 Å². The number of aromatic nitrogens is 2. The standard InChI is InChI=1S/C13H20Cl2N4/c1-3-18(4-2)10-5-6-19(8-10)13-11(7-14)12(15)16-9-17-13/h9-10H,3-8H2,1-2H3. The summed E-state index contributed by atoms with van der Waals surface area (Å²) in [6.07, 6.45) is 2.67. The predicted molar refractivity (Wildman–Crippen MR) is 80.1 cm³/mol. The molecule has 4 nitrogen and oxygen atoms in total. The molecule has 0 N–H and O–H groups in total. The SMILES string of the molecule is CCN(CC)C1CCN(c2ncnc(Cl)c2CCl)C1.